The number of hydrazine groups is 1. The first-order valence-corrected chi connectivity index (χ1v) is 10.4. The van der Waals surface area contributed by atoms with Crippen LogP contribution in [0.15, 0.2) is 28.7 Å². The number of hydrogen-bond donors (Lipinski definition) is 2. The zero-order valence-electron chi connectivity index (χ0n) is 15.8. The Morgan fingerprint density at radius 3 is 2.64 bits per heavy atom. The van der Waals surface area contributed by atoms with Crippen molar-refractivity contribution in [3.63, 3.8) is 0 Å². The number of rotatable bonds is 6. The zero-order valence-corrected chi connectivity index (χ0v) is 16.6. The van der Waals surface area contributed by atoms with Gasteiger partial charge in [0, 0.05) is 28.9 Å². The molecule has 3 rings (SSSR count). The SMILES string of the molecule is CC(=O)NNC(=O)COC(=O)c1oc2ccccc2c1CSC1CCCCC1. The Morgan fingerprint density at radius 1 is 1.14 bits per heavy atom. The molecular weight excluding hydrogens is 380 g/mol. The Hall–Kier alpha value is -2.48. The summed E-state index contributed by atoms with van der Waals surface area (Å²) in [6, 6.07) is 7.49. The van der Waals surface area contributed by atoms with Crippen molar-refractivity contribution < 1.29 is 23.5 Å². The Kier molecular flexibility index (Phi) is 6.97. The van der Waals surface area contributed by atoms with Gasteiger partial charge in [-0.3, -0.25) is 20.4 Å². The fraction of sp³-hybridized carbons (Fsp3) is 0.450. The molecule has 0 bridgehead atoms. The molecule has 1 saturated carbocycles. The van der Waals surface area contributed by atoms with E-state index in [1.54, 1.807) is 0 Å². The molecule has 8 heteroatoms. The van der Waals surface area contributed by atoms with E-state index in [0.717, 1.165) is 10.9 Å². The molecule has 2 amide bonds. The highest BCUT2D eigenvalue weighted by Gasteiger charge is 2.24. The largest absolute Gasteiger partial charge is 0.450 e. The maximum absolute atomic E-state index is 12.5. The minimum Gasteiger partial charge on any atom is -0.450 e. The van der Waals surface area contributed by atoms with Crippen molar-refractivity contribution in [2.45, 2.75) is 50.0 Å². The minimum atomic E-state index is -0.687. The second-order valence-electron chi connectivity index (χ2n) is 6.78. The fourth-order valence-corrected chi connectivity index (χ4v) is 4.59. The highest BCUT2D eigenvalue weighted by molar-refractivity contribution is 7.99. The summed E-state index contributed by atoms with van der Waals surface area (Å²) in [4.78, 5) is 35.0. The minimum absolute atomic E-state index is 0.136. The average molecular weight is 404 g/mol. The van der Waals surface area contributed by atoms with Gasteiger partial charge in [-0.1, -0.05) is 37.5 Å². The van der Waals surface area contributed by atoms with Crippen LogP contribution in [0.2, 0.25) is 0 Å². The summed E-state index contributed by atoms with van der Waals surface area (Å²) < 4.78 is 10.8. The number of fused-ring (bicyclic) bond motifs is 1. The summed E-state index contributed by atoms with van der Waals surface area (Å²) in [7, 11) is 0. The van der Waals surface area contributed by atoms with Crippen LogP contribution in [0, 0.1) is 0 Å². The number of esters is 1. The molecule has 1 heterocycles. The van der Waals surface area contributed by atoms with E-state index >= 15 is 0 Å². The maximum Gasteiger partial charge on any atom is 0.375 e. The van der Waals surface area contributed by atoms with Crippen molar-refractivity contribution in [3.05, 3.63) is 35.6 Å². The standard InChI is InChI=1S/C20H24N2O5S/c1-13(23)21-22-18(24)11-26-20(25)19-16(12-28-14-7-3-2-4-8-14)15-9-5-6-10-17(15)27-19/h5-6,9-10,14H,2-4,7-8,11-12H2,1H3,(H,21,23)(H,22,24). The molecule has 0 aliphatic heterocycles. The van der Waals surface area contributed by atoms with Gasteiger partial charge < -0.3 is 9.15 Å². The van der Waals surface area contributed by atoms with Crippen LogP contribution in [0.1, 0.15) is 55.1 Å². The molecule has 0 atom stereocenters. The molecule has 1 fully saturated rings. The molecule has 1 aliphatic carbocycles. The van der Waals surface area contributed by atoms with Crippen molar-refractivity contribution in [3.8, 4) is 0 Å². The highest BCUT2D eigenvalue weighted by Crippen LogP contribution is 2.35. The summed E-state index contributed by atoms with van der Waals surface area (Å²) in [6.07, 6.45) is 6.20. The quantitative estimate of drug-likeness (QED) is 0.566. The Morgan fingerprint density at radius 2 is 1.89 bits per heavy atom. The first-order valence-electron chi connectivity index (χ1n) is 9.39. The molecule has 1 aromatic heterocycles. The molecule has 0 unspecified atom stereocenters. The van der Waals surface area contributed by atoms with E-state index in [4.69, 9.17) is 9.15 Å². The maximum atomic E-state index is 12.5. The Balaban J connectivity index is 1.69. The molecule has 150 valence electrons. The number of carbonyl (C=O) groups excluding carboxylic acids is 3. The van der Waals surface area contributed by atoms with Crippen molar-refractivity contribution in [1.29, 1.82) is 0 Å². The summed E-state index contributed by atoms with van der Waals surface area (Å²) in [5.41, 5.74) is 5.72. The lowest BCUT2D eigenvalue weighted by Gasteiger charge is -2.20. The van der Waals surface area contributed by atoms with Gasteiger partial charge in [-0.05, 0) is 18.9 Å². The molecule has 1 aromatic carbocycles. The van der Waals surface area contributed by atoms with Crippen LogP contribution in [-0.4, -0.2) is 29.6 Å². The third kappa shape index (κ3) is 5.28. The number of thioether (sulfide) groups is 1. The van der Waals surface area contributed by atoms with Gasteiger partial charge in [-0.25, -0.2) is 4.79 Å². The van der Waals surface area contributed by atoms with Crippen LogP contribution < -0.4 is 10.9 Å². The van der Waals surface area contributed by atoms with Crippen molar-refractivity contribution in [2.24, 2.45) is 0 Å². The summed E-state index contributed by atoms with van der Waals surface area (Å²) in [5, 5.41) is 1.48. The van der Waals surface area contributed by atoms with E-state index in [0.29, 0.717) is 16.6 Å². The normalized spacial score (nSPS) is 14.6. The van der Waals surface area contributed by atoms with E-state index < -0.39 is 24.4 Å². The predicted octanol–water partition coefficient (Wildman–Crippen LogP) is 3.32. The molecule has 7 nitrogen and oxygen atoms in total. The third-order valence-corrected chi connectivity index (χ3v) is 6.01. The first kappa shape index (κ1) is 20.3. The van der Waals surface area contributed by atoms with Crippen molar-refractivity contribution >= 4 is 40.5 Å². The van der Waals surface area contributed by atoms with Gasteiger partial charge in [0.1, 0.15) is 5.58 Å². The number of amides is 2. The van der Waals surface area contributed by atoms with Gasteiger partial charge in [0.2, 0.25) is 11.7 Å². The number of nitrogens with one attached hydrogen (secondary N) is 2. The van der Waals surface area contributed by atoms with Crippen LogP contribution >= 0.6 is 11.8 Å². The molecule has 2 N–H and O–H groups in total. The average Bonchev–Trinajstić information content (AvgIpc) is 3.08. The van der Waals surface area contributed by atoms with E-state index in [1.807, 2.05) is 36.0 Å². The lowest BCUT2D eigenvalue weighted by atomic mass is 10.0. The van der Waals surface area contributed by atoms with Gasteiger partial charge in [-0.2, -0.15) is 11.8 Å². The highest BCUT2D eigenvalue weighted by atomic mass is 32.2. The van der Waals surface area contributed by atoms with Crippen LogP contribution in [-0.2, 0) is 20.1 Å². The van der Waals surface area contributed by atoms with Crippen LogP contribution in [0.3, 0.4) is 0 Å². The van der Waals surface area contributed by atoms with Gasteiger partial charge in [-0.15, -0.1) is 0 Å². The van der Waals surface area contributed by atoms with Crippen molar-refractivity contribution in [1.82, 2.24) is 10.9 Å². The fourth-order valence-electron chi connectivity index (χ4n) is 3.23. The molecule has 0 radical (unpaired) electrons. The topological polar surface area (TPSA) is 97.6 Å². The number of para-hydroxylation sites is 1. The number of hydrogen-bond acceptors (Lipinski definition) is 6. The van der Waals surface area contributed by atoms with E-state index in [1.165, 1.54) is 39.0 Å². The summed E-state index contributed by atoms with van der Waals surface area (Å²) in [5.74, 6) is -0.938. The molecule has 2 aromatic rings. The Bertz CT molecular complexity index is 857. The second-order valence-corrected chi connectivity index (χ2v) is 8.07. The van der Waals surface area contributed by atoms with Crippen molar-refractivity contribution in [2.75, 3.05) is 6.61 Å². The lowest BCUT2D eigenvalue weighted by Crippen LogP contribution is -2.42. The number of benzene rings is 1. The van der Waals surface area contributed by atoms with E-state index in [9.17, 15) is 14.4 Å². The summed E-state index contributed by atoms with van der Waals surface area (Å²) in [6.45, 7) is 0.752. The van der Waals surface area contributed by atoms with E-state index in [-0.39, 0.29) is 5.76 Å². The molecule has 28 heavy (non-hydrogen) atoms. The van der Waals surface area contributed by atoms with E-state index in [2.05, 4.69) is 10.9 Å². The molecular formula is C20H24N2O5S. The predicted molar refractivity (Wildman–Crippen MR) is 107 cm³/mol. The van der Waals surface area contributed by atoms with Gasteiger partial charge in [0.05, 0.1) is 0 Å². The zero-order chi connectivity index (χ0) is 19.9. The van der Waals surface area contributed by atoms with Gasteiger partial charge >= 0.3 is 5.97 Å². The second kappa shape index (κ2) is 9.64. The molecule has 1 aliphatic rings. The summed E-state index contributed by atoms with van der Waals surface area (Å²) >= 11 is 1.84. The first-order chi connectivity index (χ1) is 13.5. The van der Waals surface area contributed by atoms with Gasteiger partial charge in [0.15, 0.2) is 6.61 Å². The number of carbonyl (C=O) groups is 3. The smallest absolute Gasteiger partial charge is 0.375 e. The Labute approximate surface area is 167 Å². The van der Waals surface area contributed by atoms with Crippen LogP contribution in [0.5, 0.6) is 0 Å². The number of ether oxygens (including phenoxy) is 1. The number of furan rings is 1. The monoisotopic (exact) mass is 404 g/mol. The van der Waals surface area contributed by atoms with Crippen LogP contribution in [0.4, 0.5) is 0 Å². The molecule has 0 spiro atoms. The van der Waals surface area contributed by atoms with Crippen LogP contribution in [0.25, 0.3) is 11.0 Å². The lowest BCUT2D eigenvalue weighted by molar-refractivity contribution is -0.129. The van der Waals surface area contributed by atoms with Gasteiger partial charge in [0.25, 0.3) is 5.91 Å². The molecule has 0 saturated heterocycles. The third-order valence-electron chi connectivity index (χ3n) is 4.61.